The molecule has 134 valence electrons. The van der Waals surface area contributed by atoms with Crippen molar-refractivity contribution in [2.45, 2.75) is 33.0 Å². The molecule has 7 nitrogen and oxygen atoms in total. The molecule has 0 fully saturated rings. The molecule has 0 spiro atoms. The first kappa shape index (κ1) is 16.7. The van der Waals surface area contributed by atoms with Crippen LogP contribution in [0.4, 0.5) is 0 Å². The van der Waals surface area contributed by atoms with Gasteiger partial charge in [-0.05, 0) is 32.0 Å². The highest BCUT2D eigenvalue weighted by Crippen LogP contribution is 2.13. The van der Waals surface area contributed by atoms with Crippen LogP contribution in [-0.2, 0) is 13.1 Å². The molecule has 0 bridgehead atoms. The van der Waals surface area contributed by atoms with Gasteiger partial charge in [-0.3, -0.25) is 0 Å². The van der Waals surface area contributed by atoms with Gasteiger partial charge in [-0.15, -0.1) is 0 Å². The second-order valence-corrected chi connectivity index (χ2v) is 6.61. The second kappa shape index (κ2) is 6.86. The second-order valence-electron chi connectivity index (χ2n) is 6.61. The first-order valence-corrected chi connectivity index (χ1v) is 8.71. The van der Waals surface area contributed by atoms with Gasteiger partial charge in [0, 0.05) is 30.0 Å². The monoisotopic (exact) mass is 350 g/mol. The number of hydrogen-bond donors (Lipinski definition) is 2. The Bertz CT molecular complexity index is 1050. The fraction of sp³-hybridized carbons (Fsp3) is 0.316. The molecule has 0 radical (unpaired) electrons. The van der Waals surface area contributed by atoms with Crippen molar-refractivity contribution in [1.82, 2.24) is 29.5 Å². The number of hydrogen-bond acceptors (Lipinski definition) is 5. The maximum atomic E-state index is 10.4. The van der Waals surface area contributed by atoms with Crippen LogP contribution in [0.15, 0.2) is 42.9 Å². The lowest BCUT2D eigenvalue weighted by Gasteiger charge is -2.13. The van der Waals surface area contributed by atoms with Gasteiger partial charge in [0.2, 0.25) is 0 Å². The molecule has 4 rings (SSSR count). The minimum Gasteiger partial charge on any atom is -0.390 e. The molecular weight excluding hydrogens is 328 g/mol. The van der Waals surface area contributed by atoms with Gasteiger partial charge in [0.1, 0.15) is 0 Å². The molecule has 0 aliphatic carbocycles. The highest BCUT2D eigenvalue weighted by molar-refractivity contribution is 5.74. The van der Waals surface area contributed by atoms with E-state index < -0.39 is 6.10 Å². The van der Waals surface area contributed by atoms with Crippen molar-refractivity contribution in [3.05, 3.63) is 59.8 Å². The van der Waals surface area contributed by atoms with Crippen LogP contribution in [0.3, 0.4) is 0 Å². The van der Waals surface area contributed by atoms with E-state index in [2.05, 4.69) is 20.4 Å². The lowest BCUT2D eigenvalue weighted by Crippen LogP contribution is -2.29. The topological polar surface area (TPSA) is 80.3 Å². The summed E-state index contributed by atoms with van der Waals surface area (Å²) in [6.45, 7) is 5.59. The van der Waals surface area contributed by atoms with E-state index in [-0.39, 0.29) is 0 Å². The Morgan fingerprint density at radius 2 is 2.08 bits per heavy atom. The third-order valence-electron chi connectivity index (χ3n) is 4.48. The summed E-state index contributed by atoms with van der Waals surface area (Å²) in [5, 5.41) is 18.1. The van der Waals surface area contributed by atoms with Crippen LogP contribution in [0.2, 0.25) is 0 Å². The summed E-state index contributed by atoms with van der Waals surface area (Å²) in [5.74, 6) is 0. The Morgan fingerprint density at radius 3 is 2.96 bits per heavy atom. The number of nitrogens with one attached hydrogen (secondary N) is 1. The van der Waals surface area contributed by atoms with Crippen LogP contribution in [0.5, 0.6) is 0 Å². The Morgan fingerprint density at radius 1 is 1.23 bits per heavy atom. The van der Waals surface area contributed by atoms with Gasteiger partial charge >= 0.3 is 0 Å². The molecule has 7 heteroatoms. The van der Waals surface area contributed by atoms with Crippen LogP contribution < -0.4 is 5.32 Å². The summed E-state index contributed by atoms with van der Waals surface area (Å²) < 4.78 is 3.82. The first-order chi connectivity index (χ1) is 12.6. The SMILES string of the molecule is Cc1cc(C)n2ncc(CNCC(O)Cn3cnc4ccccc43)c2n1. The van der Waals surface area contributed by atoms with Crippen molar-refractivity contribution in [3.8, 4) is 0 Å². The van der Waals surface area contributed by atoms with E-state index in [0.717, 1.165) is 33.6 Å². The van der Waals surface area contributed by atoms with Crippen molar-refractivity contribution in [3.63, 3.8) is 0 Å². The molecule has 0 aliphatic rings. The van der Waals surface area contributed by atoms with E-state index in [1.807, 2.05) is 59.5 Å². The summed E-state index contributed by atoms with van der Waals surface area (Å²) in [4.78, 5) is 8.93. The standard InChI is InChI=1S/C19H22N6O/c1-13-7-14(2)25-19(23-13)15(9-22-25)8-20-10-16(26)11-24-12-21-17-5-3-4-6-18(17)24/h3-7,9,12,16,20,26H,8,10-11H2,1-2H3. The van der Waals surface area contributed by atoms with E-state index in [1.165, 1.54) is 0 Å². The van der Waals surface area contributed by atoms with Gasteiger partial charge in [0.25, 0.3) is 0 Å². The quantitative estimate of drug-likeness (QED) is 0.555. The van der Waals surface area contributed by atoms with Crippen LogP contribution in [-0.4, -0.2) is 41.9 Å². The third-order valence-corrected chi connectivity index (χ3v) is 4.48. The largest absolute Gasteiger partial charge is 0.390 e. The zero-order chi connectivity index (χ0) is 18.1. The summed E-state index contributed by atoms with van der Waals surface area (Å²) in [7, 11) is 0. The Labute approximate surface area is 151 Å². The average molecular weight is 350 g/mol. The maximum absolute atomic E-state index is 10.4. The minimum atomic E-state index is -0.508. The Kier molecular flexibility index (Phi) is 4.40. The molecule has 0 saturated carbocycles. The predicted octanol–water partition coefficient (Wildman–Crippen LogP) is 1.85. The van der Waals surface area contributed by atoms with E-state index >= 15 is 0 Å². The fourth-order valence-corrected chi connectivity index (χ4v) is 3.26. The molecule has 2 N–H and O–H groups in total. The lowest BCUT2D eigenvalue weighted by atomic mass is 10.2. The zero-order valence-electron chi connectivity index (χ0n) is 14.9. The number of aromatic nitrogens is 5. The van der Waals surface area contributed by atoms with Crippen LogP contribution in [0.25, 0.3) is 16.7 Å². The molecule has 3 aromatic heterocycles. The van der Waals surface area contributed by atoms with Gasteiger partial charge in [0.05, 0.1) is 36.2 Å². The van der Waals surface area contributed by atoms with Gasteiger partial charge in [-0.1, -0.05) is 12.1 Å². The van der Waals surface area contributed by atoms with Crippen molar-refractivity contribution in [2.75, 3.05) is 6.54 Å². The van der Waals surface area contributed by atoms with Crippen LogP contribution in [0, 0.1) is 13.8 Å². The van der Waals surface area contributed by atoms with Crippen molar-refractivity contribution >= 4 is 16.7 Å². The van der Waals surface area contributed by atoms with Crippen LogP contribution in [0.1, 0.15) is 17.0 Å². The molecule has 4 aromatic rings. The van der Waals surface area contributed by atoms with Gasteiger partial charge < -0.3 is 15.0 Å². The highest BCUT2D eigenvalue weighted by Gasteiger charge is 2.11. The number of aliphatic hydroxyl groups is 1. The molecule has 0 amide bonds. The third kappa shape index (κ3) is 3.18. The molecule has 1 atom stereocenters. The van der Waals surface area contributed by atoms with Crippen molar-refractivity contribution in [2.24, 2.45) is 0 Å². The summed E-state index contributed by atoms with van der Waals surface area (Å²) in [5.41, 5.74) is 5.90. The molecule has 1 unspecified atom stereocenters. The lowest BCUT2D eigenvalue weighted by molar-refractivity contribution is 0.152. The zero-order valence-corrected chi connectivity index (χ0v) is 14.9. The summed E-state index contributed by atoms with van der Waals surface area (Å²) in [6, 6.07) is 9.94. The number of rotatable bonds is 6. The highest BCUT2D eigenvalue weighted by atomic mass is 16.3. The number of nitrogens with zero attached hydrogens (tertiary/aromatic N) is 5. The number of benzene rings is 1. The smallest absolute Gasteiger partial charge is 0.159 e. The van der Waals surface area contributed by atoms with E-state index in [0.29, 0.717) is 19.6 Å². The molecule has 0 aliphatic heterocycles. The van der Waals surface area contributed by atoms with Crippen molar-refractivity contribution in [1.29, 1.82) is 0 Å². The first-order valence-electron chi connectivity index (χ1n) is 8.71. The van der Waals surface area contributed by atoms with Gasteiger partial charge in [-0.2, -0.15) is 5.10 Å². The molecule has 0 saturated heterocycles. The van der Waals surface area contributed by atoms with E-state index in [4.69, 9.17) is 0 Å². The number of imidazole rings is 1. The van der Waals surface area contributed by atoms with Gasteiger partial charge in [0.15, 0.2) is 5.65 Å². The number of aryl methyl sites for hydroxylation is 2. The number of aliphatic hydroxyl groups excluding tert-OH is 1. The van der Waals surface area contributed by atoms with Crippen LogP contribution >= 0.6 is 0 Å². The number of para-hydroxylation sites is 2. The average Bonchev–Trinajstić information content (AvgIpc) is 3.20. The van der Waals surface area contributed by atoms with E-state index in [1.54, 1.807) is 6.33 Å². The molecule has 26 heavy (non-hydrogen) atoms. The fourth-order valence-electron chi connectivity index (χ4n) is 3.26. The molecular formula is C19H22N6O. The number of fused-ring (bicyclic) bond motifs is 2. The summed E-state index contributed by atoms with van der Waals surface area (Å²) >= 11 is 0. The Balaban J connectivity index is 1.39. The van der Waals surface area contributed by atoms with E-state index in [9.17, 15) is 5.11 Å². The molecule has 1 aromatic carbocycles. The summed E-state index contributed by atoms with van der Waals surface area (Å²) in [6.07, 6.45) is 3.09. The predicted molar refractivity (Wildman–Crippen MR) is 99.9 cm³/mol. The normalized spacial score (nSPS) is 12.9. The molecule has 3 heterocycles. The maximum Gasteiger partial charge on any atom is 0.159 e. The Hall–Kier alpha value is -2.77. The minimum absolute atomic E-state index is 0.481. The van der Waals surface area contributed by atoms with Crippen molar-refractivity contribution < 1.29 is 5.11 Å². The van der Waals surface area contributed by atoms with Gasteiger partial charge in [-0.25, -0.2) is 14.5 Å².